The number of likely N-dealkylation sites (N-methyl/N-ethyl adjacent to an activating group) is 1. The Bertz CT molecular complexity index is 843. The number of hydrogen-bond acceptors (Lipinski definition) is 4. The molecule has 0 saturated heterocycles. The van der Waals surface area contributed by atoms with Gasteiger partial charge in [0, 0.05) is 10.6 Å². The lowest BCUT2D eigenvalue weighted by Crippen LogP contribution is -3.08. The molecule has 0 radical (unpaired) electrons. The fraction of sp³-hybridized carbons (Fsp3) is 0.381. The van der Waals surface area contributed by atoms with E-state index in [9.17, 15) is 4.79 Å². The van der Waals surface area contributed by atoms with Crippen LogP contribution in [0.1, 0.15) is 24.1 Å². The first-order valence-corrected chi connectivity index (χ1v) is 9.66. The van der Waals surface area contributed by atoms with Crippen LogP contribution in [0.5, 0.6) is 17.2 Å². The van der Waals surface area contributed by atoms with Crippen molar-refractivity contribution in [2.24, 2.45) is 0 Å². The molecule has 2 aromatic rings. The van der Waals surface area contributed by atoms with E-state index in [-0.39, 0.29) is 11.9 Å². The first-order chi connectivity index (χ1) is 13.5. The molecule has 0 spiro atoms. The maximum absolute atomic E-state index is 12.5. The number of nitrogens with one attached hydrogen (secondary N) is 2. The van der Waals surface area contributed by atoms with Gasteiger partial charge in [-0.25, -0.2) is 0 Å². The molecule has 2 atom stereocenters. The monoisotopic (exact) mass is 405 g/mol. The summed E-state index contributed by atoms with van der Waals surface area (Å²) in [5, 5.41) is 3.70. The van der Waals surface area contributed by atoms with E-state index < -0.39 is 0 Å². The van der Waals surface area contributed by atoms with Crippen molar-refractivity contribution in [3.63, 3.8) is 0 Å². The lowest BCUT2D eigenvalue weighted by atomic mass is 10.1. The van der Waals surface area contributed by atoms with Gasteiger partial charge in [-0.3, -0.25) is 4.79 Å². The van der Waals surface area contributed by atoms with Crippen molar-refractivity contribution >= 4 is 17.5 Å². The number of hydrogen-bond donors (Lipinski definition) is 2. The van der Waals surface area contributed by atoms with Crippen LogP contribution in [0, 0.1) is 0 Å². The number of carbonyl (C=O) groups excluding carboxylic acids is 1. The maximum atomic E-state index is 12.5. The molecule has 1 unspecified atom stereocenters. The van der Waals surface area contributed by atoms with Gasteiger partial charge < -0.3 is 24.4 Å². The number of carbonyl (C=O) groups is 1. The van der Waals surface area contributed by atoms with Crippen LogP contribution in [-0.2, 0) is 11.3 Å². The molecule has 150 valence electrons. The van der Waals surface area contributed by atoms with Gasteiger partial charge in [-0.05, 0) is 42.8 Å². The number of amides is 1. The molecule has 0 saturated carbocycles. The molecule has 2 N–H and O–H groups in total. The molecule has 1 aliphatic heterocycles. The Labute approximate surface area is 170 Å². The topological polar surface area (TPSA) is 61.2 Å². The van der Waals surface area contributed by atoms with Gasteiger partial charge in [-0.15, -0.1) is 0 Å². The van der Waals surface area contributed by atoms with Crippen molar-refractivity contribution in [2.45, 2.75) is 19.5 Å². The fourth-order valence-electron chi connectivity index (χ4n) is 3.25. The number of quaternary nitrogens is 1. The van der Waals surface area contributed by atoms with Crippen LogP contribution in [0.3, 0.4) is 0 Å². The van der Waals surface area contributed by atoms with Crippen molar-refractivity contribution in [3.8, 4) is 17.2 Å². The second-order valence-electron chi connectivity index (χ2n) is 6.96. The Morgan fingerprint density at radius 1 is 1.21 bits per heavy atom. The SMILES string of the molecule is COc1ccc(Cl)cc1C[NH+](C)CC(=O)N[C@H](C)c1ccc2c(c1)OCCO2. The van der Waals surface area contributed by atoms with Crippen LogP contribution >= 0.6 is 11.6 Å². The molecule has 0 bridgehead atoms. The van der Waals surface area contributed by atoms with E-state index in [1.54, 1.807) is 13.2 Å². The molecular formula is C21H26ClN2O4+. The van der Waals surface area contributed by atoms with Gasteiger partial charge in [0.05, 0.1) is 20.2 Å². The Morgan fingerprint density at radius 3 is 2.71 bits per heavy atom. The van der Waals surface area contributed by atoms with E-state index >= 15 is 0 Å². The van der Waals surface area contributed by atoms with Crippen LogP contribution in [0.2, 0.25) is 5.02 Å². The van der Waals surface area contributed by atoms with Crippen molar-refractivity contribution in [3.05, 3.63) is 52.5 Å². The number of methoxy groups -OCH3 is 1. The number of rotatable bonds is 7. The Balaban J connectivity index is 1.57. The van der Waals surface area contributed by atoms with E-state index in [2.05, 4.69) is 5.32 Å². The minimum Gasteiger partial charge on any atom is -0.496 e. The summed E-state index contributed by atoms with van der Waals surface area (Å²) in [5.41, 5.74) is 1.95. The summed E-state index contributed by atoms with van der Waals surface area (Å²) >= 11 is 6.09. The maximum Gasteiger partial charge on any atom is 0.275 e. The zero-order valence-electron chi connectivity index (χ0n) is 16.4. The third-order valence-corrected chi connectivity index (χ3v) is 4.88. The van der Waals surface area contributed by atoms with Crippen molar-refractivity contribution in [1.82, 2.24) is 5.32 Å². The Morgan fingerprint density at radius 2 is 1.96 bits per heavy atom. The third kappa shape index (κ3) is 5.09. The van der Waals surface area contributed by atoms with Gasteiger partial charge in [-0.1, -0.05) is 17.7 Å². The van der Waals surface area contributed by atoms with Crippen molar-refractivity contribution in [1.29, 1.82) is 0 Å². The molecule has 6 nitrogen and oxygen atoms in total. The second kappa shape index (κ2) is 9.17. The smallest absolute Gasteiger partial charge is 0.275 e. The molecule has 2 aromatic carbocycles. The first kappa shape index (κ1) is 20.3. The van der Waals surface area contributed by atoms with Gasteiger partial charge in [0.25, 0.3) is 5.91 Å². The van der Waals surface area contributed by atoms with Gasteiger partial charge in [0.2, 0.25) is 0 Å². The lowest BCUT2D eigenvalue weighted by molar-refractivity contribution is -0.885. The first-order valence-electron chi connectivity index (χ1n) is 9.29. The van der Waals surface area contributed by atoms with Gasteiger partial charge in [0.15, 0.2) is 18.0 Å². The summed E-state index contributed by atoms with van der Waals surface area (Å²) in [6.07, 6.45) is 0. The van der Waals surface area contributed by atoms with Crippen molar-refractivity contribution < 1.29 is 23.9 Å². The minimum atomic E-state index is -0.128. The molecule has 0 fully saturated rings. The molecular weight excluding hydrogens is 380 g/mol. The highest BCUT2D eigenvalue weighted by atomic mass is 35.5. The summed E-state index contributed by atoms with van der Waals surface area (Å²) in [7, 11) is 3.60. The van der Waals surface area contributed by atoms with E-state index in [1.807, 2.05) is 44.3 Å². The predicted octanol–water partition coefficient (Wildman–Crippen LogP) is 2.01. The highest BCUT2D eigenvalue weighted by Crippen LogP contribution is 2.32. The number of fused-ring (bicyclic) bond motifs is 1. The van der Waals surface area contributed by atoms with Crippen LogP contribution < -0.4 is 24.4 Å². The van der Waals surface area contributed by atoms with E-state index in [0.29, 0.717) is 31.3 Å². The average molecular weight is 406 g/mol. The second-order valence-corrected chi connectivity index (χ2v) is 7.40. The van der Waals surface area contributed by atoms with Crippen LogP contribution in [0.15, 0.2) is 36.4 Å². The quantitative estimate of drug-likeness (QED) is 0.739. The molecule has 0 aromatic heterocycles. The number of benzene rings is 2. The summed E-state index contributed by atoms with van der Waals surface area (Å²) in [5.74, 6) is 2.21. The van der Waals surface area contributed by atoms with Crippen LogP contribution in [-0.4, -0.2) is 39.8 Å². The summed E-state index contributed by atoms with van der Waals surface area (Å²) in [4.78, 5) is 13.5. The summed E-state index contributed by atoms with van der Waals surface area (Å²) in [6, 6.07) is 11.1. The molecule has 0 aliphatic carbocycles. The van der Waals surface area contributed by atoms with E-state index in [0.717, 1.165) is 33.3 Å². The summed E-state index contributed by atoms with van der Waals surface area (Å²) in [6.45, 7) is 4.03. The normalized spacial score (nSPS) is 14.9. The fourth-order valence-corrected chi connectivity index (χ4v) is 3.45. The largest absolute Gasteiger partial charge is 0.496 e. The zero-order chi connectivity index (χ0) is 20.1. The predicted molar refractivity (Wildman–Crippen MR) is 107 cm³/mol. The number of ether oxygens (including phenoxy) is 3. The summed E-state index contributed by atoms with van der Waals surface area (Å²) < 4.78 is 16.5. The minimum absolute atomic E-state index is 0.0270. The van der Waals surface area contributed by atoms with Gasteiger partial charge in [0.1, 0.15) is 25.5 Å². The molecule has 1 amide bonds. The molecule has 7 heteroatoms. The highest BCUT2D eigenvalue weighted by Gasteiger charge is 2.18. The lowest BCUT2D eigenvalue weighted by Gasteiger charge is -2.21. The standard InChI is InChI=1S/C21H25ClN2O4/c1-14(15-4-6-19-20(11-15)28-9-8-27-19)23-21(25)13-24(2)12-16-10-17(22)5-7-18(16)26-3/h4-7,10-11,14H,8-9,12-13H2,1-3H3,(H,23,25)/p+1/t14-/m1/s1. The molecule has 28 heavy (non-hydrogen) atoms. The number of halogens is 1. The molecule has 3 rings (SSSR count). The highest BCUT2D eigenvalue weighted by molar-refractivity contribution is 6.30. The average Bonchev–Trinajstić information content (AvgIpc) is 2.67. The third-order valence-electron chi connectivity index (χ3n) is 4.64. The Hall–Kier alpha value is -2.44. The van der Waals surface area contributed by atoms with Crippen molar-refractivity contribution in [2.75, 3.05) is 33.9 Å². The Kier molecular flexibility index (Phi) is 6.65. The zero-order valence-corrected chi connectivity index (χ0v) is 17.1. The van der Waals surface area contributed by atoms with Crippen LogP contribution in [0.25, 0.3) is 0 Å². The van der Waals surface area contributed by atoms with E-state index in [1.165, 1.54) is 0 Å². The van der Waals surface area contributed by atoms with E-state index in [4.69, 9.17) is 25.8 Å². The van der Waals surface area contributed by atoms with Gasteiger partial charge >= 0.3 is 0 Å². The molecule has 1 heterocycles. The van der Waals surface area contributed by atoms with Gasteiger partial charge in [-0.2, -0.15) is 0 Å². The van der Waals surface area contributed by atoms with Crippen LogP contribution in [0.4, 0.5) is 0 Å². The molecule has 1 aliphatic rings.